The summed E-state index contributed by atoms with van der Waals surface area (Å²) in [5.41, 5.74) is -10.4. The van der Waals surface area contributed by atoms with Gasteiger partial charge in [-0.15, -0.1) is 0 Å². The normalized spacial score (nSPS) is 16.2. The lowest BCUT2D eigenvalue weighted by molar-refractivity contribution is 0.0213. The van der Waals surface area contributed by atoms with Gasteiger partial charge in [0.2, 0.25) is 0 Å². The fourth-order valence-electron chi connectivity index (χ4n) is 8.66. The first-order chi connectivity index (χ1) is 32.5. The summed E-state index contributed by atoms with van der Waals surface area (Å²) < 4.78 is 29.7. The number of aromatic hydroxyl groups is 3. The summed E-state index contributed by atoms with van der Waals surface area (Å²) in [7, 11) is 0. The Morgan fingerprint density at radius 3 is 1.52 bits per heavy atom. The quantitative estimate of drug-likeness (QED) is 0.0692. The third kappa shape index (κ3) is 6.12. The van der Waals surface area contributed by atoms with Gasteiger partial charge in [0.15, 0.2) is 57.2 Å². The van der Waals surface area contributed by atoms with Crippen molar-refractivity contribution in [1.82, 2.24) is 0 Å². The van der Waals surface area contributed by atoms with Crippen molar-refractivity contribution in [1.29, 1.82) is 0 Å². The number of hydrogen-bond donors (Lipinski definition) is 6. The molecule has 2 spiro atoms. The van der Waals surface area contributed by atoms with Crippen LogP contribution in [0.5, 0.6) is 46.0 Å². The monoisotopic (exact) mass is 1090 g/mol. The number of carboxylic acid groups (broad SMARTS) is 3. The van der Waals surface area contributed by atoms with E-state index in [9.17, 15) is 59.4 Å². The van der Waals surface area contributed by atoms with Crippen LogP contribution in [-0.4, -0.2) is 66.5 Å². The first-order valence-electron chi connectivity index (χ1n) is 18.7. The lowest BCUT2D eigenvalue weighted by Gasteiger charge is -2.38. The third-order valence-electron chi connectivity index (χ3n) is 11.6. The molecule has 0 saturated heterocycles. The molecular formula is C44H14Cl8O17. The molecule has 0 fully saturated rings. The summed E-state index contributed by atoms with van der Waals surface area (Å²) >= 11 is 53.0. The van der Waals surface area contributed by atoms with Crippen LogP contribution in [0.2, 0.25) is 40.2 Å². The molecule has 0 bridgehead atoms. The van der Waals surface area contributed by atoms with Crippen molar-refractivity contribution in [3.05, 3.63) is 155 Å². The maximum Gasteiger partial charge on any atom is 0.345 e. The zero-order valence-corrected chi connectivity index (χ0v) is 38.9. The molecule has 0 radical (unpaired) electrons. The summed E-state index contributed by atoms with van der Waals surface area (Å²) in [5, 5.41) is 58.0. The van der Waals surface area contributed by atoms with E-state index in [1.165, 1.54) is 0 Å². The molecule has 25 heteroatoms. The van der Waals surface area contributed by atoms with E-state index in [0.717, 1.165) is 48.5 Å². The van der Waals surface area contributed by atoms with E-state index in [2.05, 4.69) is 0 Å². The molecule has 10 rings (SSSR count). The van der Waals surface area contributed by atoms with Gasteiger partial charge in [-0.05, 0) is 42.5 Å². The predicted molar refractivity (Wildman–Crippen MR) is 240 cm³/mol. The van der Waals surface area contributed by atoms with Gasteiger partial charge in [0.1, 0.15) is 31.2 Å². The molecule has 0 amide bonds. The highest BCUT2D eigenvalue weighted by Crippen LogP contribution is 2.65. The minimum Gasteiger partial charge on any atom is -0.505 e. The molecule has 6 aromatic rings. The van der Waals surface area contributed by atoms with Crippen LogP contribution in [0.1, 0.15) is 95.5 Å². The fraction of sp³-hybridized carbons (Fsp3) is 0.0455. The Hall–Kier alpha value is -6.54. The molecule has 6 aromatic carbocycles. The first-order valence-corrected chi connectivity index (χ1v) is 21.8. The van der Waals surface area contributed by atoms with Crippen LogP contribution >= 0.6 is 92.8 Å². The van der Waals surface area contributed by atoms with Gasteiger partial charge in [0.25, 0.3) is 0 Å². The van der Waals surface area contributed by atoms with Crippen LogP contribution in [0.3, 0.4) is 0 Å². The molecule has 1 unspecified atom stereocenters. The Balaban J connectivity index is 1.19. The van der Waals surface area contributed by atoms with Crippen LogP contribution in [0, 0.1) is 0 Å². The summed E-state index contributed by atoms with van der Waals surface area (Å²) in [6, 6.07) is 7.85. The second-order valence-corrected chi connectivity index (χ2v) is 18.2. The fourth-order valence-corrected chi connectivity index (χ4v) is 10.8. The number of esters is 3. The van der Waals surface area contributed by atoms with E-state index in [4.69, 9.17) is 116 Å². The van der Waals surface area contributed by atoms with Gasteiger partial charge >= 0.3 is 35.8 Å². The number of fused-ring (bicyclic) bond motifs is 12. The summed E-state index contributed by atoms with van der Waals surface area (Å²) in [6.45, 7) is 0. The van der Waals surface area contributed by atoms with Crippen LogP contribution in [0.15, 0.2) is 48.5 Å². The Kier molecular flexibility index (Phi) is 10.4. The zero-order chi connectivity index (χ0) is 49.8. The summed E-state index contributed by atoms with van der Waals surface area (Å²) in [4.78, 5) is 79.7. The molecule has 4 aliphatic heterocycles. The number of halogens is 8. The lowest BCUT2D eigenvalue weighted by Crippen LogP contribution is -2.34. The van der Waals surface area contributed by atoms with Crippen molar-refractivity contribution in [2.24, 2.45) is 0 Å². The molecule has 0 aliphatic carbocycles. The number of ether oxygens (including phenoxy) is 5. The minimum absolute atomic E-state index is 0.185. The number of phenols is 3. The number of aromatic carboxylic acids is 3. The Morgan fingerprint density at radius 2 is 0.986 bits per heavy atom. The summed E-state index contributed by atoms with van der Waals surface area (Å²) in [6.07, 6.45) is 0. The summed E-state index contributed by atoms with van der Waals surface area (Å²) in [5.74, 6) is -14.3. The van der Waals surface area contributed by atoms with E-state index in [-0.39, 0.29) is 33.4 Å². The van der Waals surface area contributed by atoms with E-state index < -0.39 is 167 Å². The third-order valence-corrected chi connectivity index (χ3v) is 14.3. The predicted octanol–water partition coefficient (Wildman–Crippen LogP) is 11.5. The van der Waals surface area contributed by atoms with Gasteiger partial charge in [-0.25, -0.2) is 28.8 Å². The van der Waals surface area contributed by atoms with E-state index in [1.54, 1.807) is 0 Å². The SMILES string of the molecule is O=C(O)c1ccc2c(c1)C(=O)OC21c2cc(C(=O)O)c(O)c(Cl)c2Oc2c1cc(C(=O)O)c(OC(=O)c1cc(Cl)c3c(c1Cl)C1(OC3=O)c3cc(Cl)c(O)c(Cl)c3Oc3c1cc(Cl)c(O)c3Cl)c2Cl. The Labute approximate surface area is 421 Å². The number of phenolic OH excluding ortho intramolecular Hbond substituents is 2. The molecule has 1 atom stereocenters. The largest absolute Gasteiger partial charge is 0.505 e. The molecule has 4 aliphatic rings. The second kappa shape index (κ2) is 15.5. The van der Waals surface area contributed by atoms with E-state index >= 15 is 0 Å². The topological polar surface area (TPSA) is 270 Å². The van der Waals surface area contributed by atoms with Gasteiger partial charge in [0.05, 0.1) is 64.6 Å². The number of carbonyl (C=O) groups is 6. The van der Waals surface area contributed by atoms with Crippen molar-refractivity contribution in [2.75, 3.05) is 0 Å². The molecule has 4 heterocycles. The van der Waals surface area contributed by atoms with Crippen molar-refractivity contribution < 1.29 is 83.1 Å². The molecule has 6 N–H and O–H groups in total. The van der Waals surface area contributed by atoms with E-state index in [0.29, 0.717) is 0 Å². The zero-order valence-electron chi connectivity index (χ0n) is 32.8. The highest BCUT2D eigenvalue weighted by Gasteiger charge is 2.59. The van der Waals surface area contributed by atoms with Crippen molar-refractivity contribution in [2.45, 2.75) is 11.2 Å². The molecule has 17 nitrogen and oxygen atoms in total. The smallest absolute Gasteiger partial charge is 0.345 e. The van der Waals surface area contributed by atoms with Crippen LogP contribution in [0.25, 0.3) is 0 Å². The van der Waals surface area contributed by atoms with Crippen LogP contribution in [0.4, 0.5) is 0 Å². The van der Waals surface area contributed by atoms with Gasteiger partial charge in [0, 0.05) is 11.1 Å². The number of benzene rings is 6. The van der Waals surface area contributed by atoms with Gasteiger partial charge in [-0.2, -0.15) is 0 Å². The number of carboxylic acids is 3. The van der Waals surface area contributed by atoms with Crippen molar-refractivity contribution in [3.8, 4) is 46.0 Å². The van der Waals surface area contributed by atoms with Crippen molar-refractivity contribution in [3.63, 3.8) is 0 Å². The van der Waals surface area contributed by atoms with Gasteiger partial charge < -0.3 is 54.3 Å². The number of hydrogen-bond acceptors (Lipinski definition) is 14. The minimum atomic E-state index is -2.44. The van der Waals surface area contributed by atoms with Crippen LogP contribution in [-0.2, 0) is 20.7 Å². The molecule has 348 valence electrons. The highest BCUT2D eigenvalue weighted by atomic mass is 35.5. The maximum absolute atomic E-state index is 14.6. The lowest BCUT2D eigenvalue weighted by atomic mass is 9.76. The molecule has 69 heavy (non-hydrogen) atoms. The Morgan fingerprint density at radius 1 is 0.493 bits per heavy atom. The Bertz CT molecular complexity index is 3510. The molecule has 0 saturated carbocycles. The average Bonchev–Trinajstić information content (AvgIpc) is 3.77. The van der Waals surface area contributed by atoms with E-state index in [1.807, 2.05) is 0 Å². The molecule has 0 aromatic heterocycles. The number of carbonyl (C=O) groups excluding carboxylic acids is 3. The van der Waals surface area contributed by atoms with Crippen LogP contribution < -0.4 is 14.2 Å². The molecular weight excluding hydrogens is 1080 g/mol. The average molecular weight is 1100 g/mol. The highest BCUT2D eigenvalue weighted by molar-refractivity contribution is 6.41. The second-order valence-electron chi connectivity index (χ2n) is 15.1. The first kappa shape index (κ1) is 46.2. The van der Waals surface area contributed by atoms with Gasteiger partial charge in [-0.3, -0.25) is 0 Å². The van der Waals surface area contributed by atoms with Crippen molar-refractivity contribution >= 4 is 129 Å². The van der Waals surface area contributed by atoms with Gasteiger partial charge in [-0.1, -0.05) is 98.9 Å². The standard InChI is InChI=1S/C44H14Cl8O17/c45-19-6-11(24(48)23-22(19)42(64)69-44(23)17-7-20(46)30(54)26(50)34(17)65-35-18(44)8-21(47)31(55)27(35)51)40(62)67-32-13(39(60)61)5-16-36(28(32)52)66-33-15(4-12(38(58)59)29(53)25(33)49)43(16)14-2-1-9(37(56)57)3-10(14)41(63)68-43/h1-8,53-55H,(H,56,57)(H,58,59)(H,60,61). The number of rotatable bonds is 5. The maximum atomic E-state index is 14.6.